The van der Waals surface area contributed by atoms with E-state index < -0.39 is 0 Å². The monoisotopic (exact) mass is 428 g/mol. The Labute approximate surface area is 185 Å². The van der Waals surface area contributed by atoms with Gasteiger partial charge in [-0.3, -0.25) is 9.59 Å². The lowest BCUT2D eigenvalue weighted by Crippen LogP contribution is -2.26. The highest BCUT2D eigenvalue weighted by molar-refractivity contribution is 6.07. The van der Waals surface area contributed by atoms with Gasteiger partial charge >= 0.3 is 0 Å². The van der Waals surface area contributed by atoms with Crippen molar-refractivity contribution in [3.8, 4) is 11.4 Å². The van der Waals surface area contributed by atoms with Crippen LogP contribution < -0.4 is 16.0 Å². The van der Waals surface area contributed by atoms with Crippen LogP contribution in [0.15, 0.2) is 60.7 Å². The smallest absolute Gasteiger partial charge is 0.272 e. The summed E-state index contributed by atoms with van der Waals surface area (Å²) in [7, 11) is 0. The molecule has 0 unspecified atom stereocenters. The van der Waals surface area contributed by atoms with Crippen LogP contribution in [0.1, 0.15) is 23.0 Å². The molecule has 0 fully saturated rings. The summed E-state index contributed by atoms with van der Waals surface area (Å²) in [6, 6.07) is 18.9. The highest BCUT2D eigenvalue weighted by Crippen LogP contribution is 2.26. The fourth-order valence-electron chi connectivity index (χ4n) is 3.24. The van der Waals surface area contributed by atoms with Gasteiger partial charge in [-0.1, -0.05) is 48.0 Å². The Balaban J connectivity index is 1.65. The summed E-state index contributed by atoms with van der Waals surface area (Å²) in [6.07, 6.45) is 0. The zero-order valence-corrected chi connectivity index (χ0v) is 17.9. The van der Waals surface area contributed by atoms with Gasteiger partial charge in [0.05, 0.1) is 5.39 Å². The molecule has 4 aromatic rings. The molecule has 2 aromatic heterocycles. The van der Waals surface area contributed by atoms with E-state index in [1.54, 1.807) is 6.07 Å². The van der Waals surface area contributed by atoms with Crippen molar-refractivity contribution < 1.29 is 9.59 Å². The van der Waals surface area contributed by atoms with E-state index in [2.05, 4.69) is 30.9 Å². The lowest BCUT2D eigenvalue weighted by molar-refractivity contribution is -0.118. The molecular formula is C24H24N6O2. The van der Waals surface area contributed by atoms with Crippen molar-refractivity contribution >= 4 is 34.4 Å². The third-order valence-corrected chi connectivity index (χ3v) is 4.86. The number of amides is 2. The van der Waals surface area contributed by atoms with E-state index >= 15 is 0 Å². The van der Waals surface area contributed by atoms with Crippen LogP contribution in [0.2, 0.25) is 0 Å². The molecule has 2 amide bonds. The van der Waals surface area contributed by atoms with E-state index in [4.69, 9.17) is 0 Å². The Kier molecular flexibility index (Phi) is 6.12. The van der Waals surface area contributed by atoms with Gasteiger partial charge in [-0.15, -0.1) is 0 Å². The Morgan fingerprint density at radius 1 is 0.969 bits per heavy atom. The van der Waals surface area contributed by atoms with Gasteiger partial charge in [0, 0.05) is 31.3 Å². The average Bonchev–Trinajstić information content (AvgIpc) is 3.23. The molecule has 0 aliphatic carbocycles. The first-order valence-corrected chi connectivity index (χ1v) is 10.3. The zero-order valence-electron chi connectivity index (χ0n) is 17.9. The molecule has 8 heteroatoms. The maximum atomic E-state index is 12.8. The predicted molar refractivity (Wildman–Crippen MR) is 126 cm³/mol. The van der Waals surface area contributed by atoms with Crippen LogP contribution in [-0.2, 0) is 4.79 Å². The quantitative estimate of drug-likeness (QED) is 0.335. The summed E-state index contributed by atoms with van der Waals surface area (Å²) in [4.78, 5) is 36.4. The largest absolute Gasteiger partial charge is 0.368 e. The number of aryl methyl sites for hydroxylation is 1. The number of H-pyrrole nitrogens is 1. The van der Waals surface area contributed by atoms with Gasteiger partial charge in [0.1, 0.15) is 17.2 Å². The van der Waals surface area contributed by atoms with Crippen molar-refractivity contribution in [3.63, 3.8) is 0 Å². The fraction of sp³-hybridized carbons (Fsp3) is 0.167. The number of carbonyl (C=O) groups excluding carboxylic acids is 2. The van der Waals surface area contributed by atoms with Gasteiger partial charge in [-0.2, -0.15) is 0 Å². The molecule has 0 bridgehead atoms. The molecule has 8 nitrogen and oxygen atoms in total. The SMILES string of the molecule is CC(=O)NCCNc1nc(-c2ccccc2)nc2[nH]c(C(=O)Nc3ccc(C)cc3)cc12. The van der Waals surface area contributed by atoms with Crippen molar-refractivity contribution in [1.29, 1.82) is 0 Å². The minimum absolute atomic E-state index is 0.0960. The van der Waals surface area contributed by atoms with Gasteiger partial charge in [-0.05, 0) is 25.1 Å². The molecule has 0 spiro atoms. The predicted octanol–water partition coefficient (Wildman–Crippen LogP) is 3.73. The molecule has 0 atom stereocenters. The fourth-order valence-corrected chi connectivity index (χ4v) is 3.24. The van der Waals surface area contributed by atoms with Gasteiger partial charge in [0.2, 0.25) is 5.91 Å². The standard InChI is InChI=1S/C24H24N6O2/c1-15-8-10-18(11-9-15)27-24(32)20-14-19-22(26-13-12-25-16(2)31)29-21(30-23(19)28-20)17-6-4-3-5-7-17/h3-11,14H,12-13H2,1-2H3,(H,25,31)(H,27,32)(H2,26,28,29,30). The molecule has 0 aliphatic heterocycles. The highest BCUT2D eigenvalue weighted by Gasteiger charge is 2.16. The van der Waals surface area contributed by atoms with Crippen LogP contribution in [0.25, 0.3) is 22.4 Å². The minimum Gasteiger partial charge on any atom is -0.368 e. The number of fused-ring (bicyclic) bond motifs is 1. The number of aromatic amines is 1. The maximum Gasteiger partial charge on any atom is 0.272 e. The van der Waals surface area contributed by atoms with Gasteiger partial charge < -0.3 is 20.9 Å². The van der Waals surface area contributed by atoms with E-state index in [9.17, 15) is 9.59 Å². The van der Waals surface area contributed by atoms with E-state index in [-0.39, 0.29) is 11.8 Å². The first-order chi connectivity index (χ1) is 15.5. The number of benzene rings is 2. The van der Waals surface area contributed by atoms with Crippen molar-refractivity contribution in [2.75, 3.05) is 23.7 Å². The number of nitrogens with zero attached hydrogens (tertiary/aromatic N) is 2. The van der Waals surface area contributed by atoms with Crippen molar-refractivity contribution in [2.45, 2.75) is 13.8 Å². The molecular weight excluding hydrogens is 404 g/mol. The number of aromatic nitrogens is 3. The number of hydrogen-bond donors (Lipinski definition) is 4. The third kappa shape index (κ3) is 4.92. The second-order valence-electron chi connectivity index (χ2n) is 7.44. The minimum atomic E-state index is -0.266. The van der Waals surface area contributed by atoms with Crippen LogP contribution in [0.5, 0.6) is 0 Å². The summed E-state index contributed by atoms with van der Waals surface area (Å²) in [6.45, 7) is 4.40. The van der Waals surface area contributed by atoms with Crippen molar-refractivity contribution in [2.24, 2.45) is 0 Å². The molecule has 4 rings (SSSR count). The zero-order chi connectivity index (χ0) is 22.5. The molecule has 4 N–H and O–H groups in total. The van der Waals surface area contributed by atoms with Crippen LogP contribution in [0.3, 0.4) is 0 Å². The number of hydrogen-bond acceptors (Lipinski definition) is 5. The van der Waals surface area contributed by atoms with Gasteiger partial charge in [-0.25, -0.2) is 9.97 Å². The molecule has 0 aliphatic rings. The summed E-state index contributed by atoms with van der Waals surface area (Å²) in [5.74, 6) is 0.760. The Morgan fingerprint density at radius 2 is 1.72 bits per heavy atom. The van der Waals surface area contributed by atoms with Crippen molar-refractivity contribution in [3.05, 3.63) is 71.9 Å². The summed E-state index contributed by atoms with van der Waals surface area (Å²) in [5.41, 5.74) is 3.62. The van der Waals surface area contributed by atoms with Crippen LogP contribution >= 0.6 is 0 Å². The summed E-state index contributed by atoms with van der Waals surface area (Å²) in [5, 5.41) is 9.58. The number of nitrogens with one attached hydrogen (secondary N) is 4. The lowest BCUT2D eigenvalue weighted by atomic mass is 10.2. The molecule has 0 radical (unpaired) electrons. The first-order valence-electron chi connectivity index (χ1n) is 10.3. The van der Waals surface area contributed by atoms with Crippen LogP contribution in [0.4, 0.5) is 11.5 Å². The second kappa shape index (κ2) is 9.30. The average molecular weight is 428 g/mol. The summed E-state index contributed by atoms with van der Waals surface area (Å²) < 4.78 is 0. The molecule has 32 heavy (non-hydrogen) atoms. The number of rotatable bonds is 7. The topological polar surface area (TPSA) is 112 Å². The normalized spacial score (nSPS) is 10.7. The Hall–Kier alpha value is -4.20. The van der Waals surface area contributed by atoms with Gasteiger partial charge in [0.25, 0.3) is 5.91 Å². The van der Waals surface area contributed by atoms with E-state index in [1.165, 1.54) is 6.92 Å². The number of anilines is 2. The van der Waals surface area contributed by atoms with Gasteiger partial charge in [0.15, 0.2) is 5.82 Å². The maximum absolute atomic E-state index is 12.8. The van der Waals surface area contributed by atoms with Crippen molar-refractivity contribution in [1.82, 2.24) is 20.3 Å². The first kappa shape index (κ1) is 21.0. The third-order valence-electron chi connectivity index (χ3n) is 4.86. The molecule has 0 saturated heterocycles. The van der Waals surface area contributed by atoms with E-state index in [0.717, 1.165) is 11.1 Å². The number of carbonyl (C=O) groups is 2. The molecule has 2 aromatic carbocycles. The van der Waals surface area contributed by atoms with Crippen LogP contribution in [0, 0.1) is 6.92 Å². The van der Waals surface area contributed by atoms with E-state index in [1.807, 2.05) is 61.5 Å². The second-order valence-corrected chi connectivity index (χ2v) is 7.44. The van der Waals surface area contributed by atoms with E-state index in [0.29, 0.717) is 47.1 Å². The Bertz CT molecular complexity index is 1250. The Morgan fingerprint density at radius 3 is 2.44 bits per heavy atom. The molecule has 2 heterocycles. The lowest BCUT2D eigenvalue weighted by Gasteiger charge is -2.09. The van der Waals surface area contributed by atoms with Crippen LogP contribution in [-0.4, -0.2) is 39.9 Å². The molecule has 162 valence electrons. The highest BCUT2D eigenvalue weighted by atomic mass is 16.2. The summed E-state index contributed by atoms with van der Waals surface area (Å²) >= 11 is 0. The molecule has 0 saturated carbocycles.